The number of carbonyl (C=O) groups is 1. The lowest BCUT2D eigenvalue weighted by molar-refractivity contribution is -0.125. The molecule has 2 heterocycles. The molecule has 0 saturated heterocycles. The number of benzene rings is 1. The highest BCUT2D eigenvalue weighted by Crippen LogP contribution is 2.36. The zero-order chi connectivity index (χ0) is 15.7. The van der Waals surface area contributed by atoms with Crippen LogP contribution in [0.4, 0.5) is 5.69 Å². The molecule has 3 rings (SSSR count). The first-order valence-corrected chi connectivity index (χ1v) is 8.00. The third-order valence-corrected chi connectivity index (χ3v) is 4.58. The standard InChI is InChI=1S/C16H18N2O3S/c1-10-16(19)18(2)13-8-11(4-5-14(13)21-10)12-9-22-15(17-12)6-7-20-3/h4-5,8-10H,6-7H2,1-3H3. The fourth-order valence-electron chi connectivity index (χ4n) is 2.42. The third-order valence-electron chi connectivity index (χ3n) is 3.67. The van der Waals surface area contributed by atoms with Gasteiger partial charge in [0.1, 0.15) is 5.75 Å². The van der Waals surface area contributed by atoms with Gasteiger partial charge in [-0.25, -0.2) is 4.98 Å². The second-order valence-corrected chi connectivity index (χ2v) is 6.15. The summed E-state index contributed by atoms with van der Waals surface area (Å²) in [5, 5.41) is 3.07. The smallest absolute Gasteiger partial charge is 0.267 e. The van der Waals surface area contributed by atoms with E-state index < -0.39 is 6.10 Å². The number of rotatable bonds is 4. The number of amides is 1. The summed E-state index contributed by atoms with van der Waals surface area (Å²) in [5.41, 5.74) is 2.68. The number of aromatic nitrogens is 1. The molecule has 2 aromatic rings. The molecule has 0 bridgehead atoms. The molecular weight excluding hydrogens is 300 g/mol. The second-order valence-electron chi connectivity index (χ2n) is 5.21. The van der Waals surface area contributed by atoms with Crippen LogP contribution in [0.5, 0.6) is 5.75 Å². The average molecular weight is 318 g/mol. The van der Waals surface area contributed by atoms with Gasteiger partial charge in [0.15, 0.2) is 6.10 Å². The Morgan fingerprint density at radius 2 is 2.27 bits per heavy atom. The van der Waals surface area contributed by atoms with Gasteiger partial charge in [-0.15, -0.1) is 11.3 Å². The largest absolute Gasteiger partial charge is 0.479 e. The summed E-state index contributed by atoms with van der Waals surface area (Å²) in [4.78, 5) is 18.3. The first-order valence-electron chi connectivity index (χ1n) is 7.12. The minimum atomic E-state index is -0.441. The highest BCUT2D eigenvalue weighted by atomic mass is 32.1. The maximum Gasteiger partial charge on any atom is 0.267 e. The molecule has 1 unspecified atom stereocenters. The quantitative estimate of drug-likeness (QED) is 0.870. The van der Waals surface area contributed by atoms with Crippen molar-refractivity contribution in [2.24, 2.45) is 0 Å². The molecule has 0 fully saturated rings. The molecule has 22 heavy (non-hydrogen) atoms. The van der Waals surface area contributed by atoms with Crippen molar-refractivity contribution in [3.8, 4) is 17.0 Å². The third kappa shape index (κ3) is 2.71. The van der Waals surface area contributed by atoms with E-state index >= 15 is 0 Å². The molecule has 0 saturated carbocycles. The number of fused-ring (bicyclic) bond motifs is 1. The van der Waals surface area contributed by atoms with Gasteiger partial charge in [-0.05, 0) is 25.1 Å². The van der Waals surface area contributed by atoms with Crippen LogP contribution in [0.15, 0.2) is 23.6 Å². The molecule has 1 aromatic carbocycles. The van der Waals surface area contributed by atoms with Crippen molar-refractivity contribution in [2.45, 2.75) is 19.4 Å². The highest BCUT2D eigenvalue weighted by molar-refractivity contribution is 7.09. The molecule has 1 amide bonds. The molecular formula is C16H18N2O3S. The summed E-state index contributed by atoms with van der Waals surface area (Å²) < 4.78 is 10.7. The van der Waals surface area contributed by atoms with E-state index in [1.807, 2.05) is 23.6 Å². The molecule has 6 heteroatoms. The Morgan fingerprint density at radius 3 is 3.05 bits per heavy atom. The van der Waals surface area contributed by atoms with E-state index in [4.69, 9.17) is 9.47 Å². The van der Waals surface area contributed by atoms with Crippen LogP contribution >= 0.6 is 11.3 Å². The number of nitrogens with zero attached hydrogens (tertiary/aromatic N) is 2. The van der Waals surface area contributed by atoms with Gasteiger partial charge in [0.2, 0.25) is 0 Å². The van der Waals surface area contributed by atoms with Crippen LogP contribution in [0, 0.1) is 0 Å². The van der Waals surface area contributed by atoms with E-state index in [1.54, 1.807) is 37.3 Å². The van der Waals surface area contributed by atoms with Gasteiger partial charge in [-0.1, -0.05) is 0 Å². The Kier molecular flexibility index (Phi) is 4.13. The summed E-state index contributed by atoms with van der Waals surface area (Å²) in [6.45, 7) is 2.43. The average Bonchev–Trinajstić information content (AvgIpc) is 2.99. The van der Waals surface area contributed by atoms with Crippen molar-refractivity contribution in [2.75, 3.05) is 25.7 Å². The number of hydrogen-bond acceptors (Lipinski definition) is 5. The molecule has 1 atom stereocenters. The molecule has 0 spiro atoms. The molecule has 1 aromatic heterocycles. The zero-order valence-corrected chi connectivity index (χ0v) is 13.6. The molecule has 1 aliphatic heterocycles. The Labute approximate surface area is 133 Å². The SMILES string of the molecule is COCCc1nc(-c2ccc3c(c2)N(C)C(=O)C(C)O3)cs1. The van der Waals surface area contributed by atoms with Crippen LogP contribution in [0.3, 0.4) is 0 Å². The van der Waals surface area contributed by atoms with Crippen molar-refractivity contribution in [3.63, 3.8) is 0 Å². The number of likely N-dealkylation sites (N-methyl/N-ethyl adjacent to an activating group) is 1. The molecule has 0 N–H and O–H groups in total. The van der Waals surface area contributed by atoms with E-state index in [0.29, 0.717) is 6.61 Å². The maximum absolute atomic E-state index is 12.0. The zero-order valence-electron chi connectivity index (χ0n) is 12.8. The van der Waals surface area contributed by atoms with Crippen molar-refractivity contribution in [3.05, 3.63) is 28.6 Å². The van der Waals surface area contributed by atoms with Crippen LogP contribution in [0.2, 0.25) is 0 Å². The summed E-state index contributed by atoms with van der Waals surface area (Å²) in [5.74, 6) is 0.692. The van der Waals surface area contributed by atoms with Crippen molar-refractivity contribution < 1.29 is 14.3 Å². The lowest BCUT2D eigenvalue weighted by Crippen LogP contribution is -2.41. The number of hydrogen-bond donors (Lipinski definition) is 0. The summed E-state index contributed by atoms with van der Waals surface area (Å²) in [7, 11) is 3.46. The predicted molar refractivity (Wildman–Crippen MR) is 86.6 cm³/mol. The van der Waals surface area contributed by atoms with Gasteiger partial charge in [-0.2, -0.15) is 0 Å². The number of methoxy groups -OCH3 is 1. The molecule has 116 valence electrons. The van der Waals surface area contributed by atoms with Crippen molar-refractivity contribution in [1.82, 2.24) is 4.98 Å². The minimum Gasteiger partial charge on any atom is -0.479 e. The van der Waals surface area contributed by atoms with Crippen molar-refractivity contribution in [1.29, 1.82) is 0 Å². The Bertz CT molecular complexity index is 698. The van der Waals surface area contributed by atoms with Gasteiger partial charge in [0, 0.05) is 31.5 Å². The van der Waals surface area contributed by atoms with Gasteiger partial charge in [0.25, 0.3) is 5.91 Å². The number of carbonyl (C=O) groups excluding carboxylic acids is 1. The van der Waals surface area contributed by atoms with Gasteiger partial charge >= 0.3 is 0 Å². The summed E-state index contributed by atoms with van der Waals surface area (Å²) >= 11 is 1.62. The van der Waals surface area contributed by atoms with E-state index in [9.17, 15) is 4.79 Å². The van der Waals surface area contributed by atoms with Crippen LogP contribution in [-0.2, 0) is 16.0 Å². The van der Waals surface area contributed by atoms with Crippen LogP contribution in [0.25, 0.3) is 11.3 Å². The molecule has 5 nitrogen and oxygen atoms in total. The fourth-order valence-corrected chi connectivity index (χ4v) is 3.21. The molecule has 0 radical (unpaired) electrons. The number of thiazole rings is 1. The van der Waals surface area contributed by atoms with Crippen LogP contribution in [-0.4, -0.2) is 37.8 Å². The molecule has 0 aliphatic carbocycles. The summed E-state index contributed by atoms with van der Waals surface area (Å²) in [6.07, 6.45) is 0.369. The van der Waals surface area contributed by atoms with E-state index in [-0.39, 0.29) is 5.91 Å². The molecule has 1 aliphatic rings. The Balaban J connectivity index is 1.90. The Morgan fingerprint density at radius 1 is 1.45 bits per heavy atom. The summed E-state index contributed by atoms with van der Waals surface area (Å²) in [6, 6.07) is 5.83. The second kappa shape index (κ2) is 6.06. The fraction of sp³-hybridized carbons (Fsp3) is 0.375. The lowest BCUT2D eigenvalue weighted by Gasteiger charge is -2.30. The normalized spacial score (nSPS) is 17.3. The Hall–Kier alpha value is -1.92. The van der Waals surface area contributed by atoms with E-state index in [1.165, 1.54) is 0 Å². The van der Waals surface area contributed by atoms with Crippen molar-refractivity contribution >= 4 is 22.9 Å². The number of ether oxygens (including phenoxy) is 2. The minimum absolute atomic E-state index is 0.0382. The highest BCUT2D eigenvalue weighted by Gasteiger charge is 2.29. The lowest BCUT2D eigenvalue weighted by atomic mass is 10.1. The maximum atomic E-state index is 12.0. The topological polar surface area (TPSA) is 51.7 Å². The monoisotopic (exact) mass is 318 g/mol. The van der Waals surface area contributed by atoms with Gasteiger partial charge < -0.3 is 14.4 Å². The van der Waals surface area contributed by atoms with Gasteiger partial charge in [0.05, 0.1) is 23.0 Å². The van der Waals surface area contributed by atoms with Crippen LogP contribution < -0.4 is 9.64 Å². The van der Waals surface area contributed by atoms with Gasteiger partial charge in [-0.3, -0.25) is 4.79 Å². The first kappa shape index (κ1) is 15.0. The predicted octanol–water partition coefficient (Wildman–Crippen LogP) is 2.74. The van der Waals surface area contributed by atoms with E-state index in [0.717, 1.165) is 34.1 Å². The first-order chi connectivity index (χ1) is 10.6. The van der Waals surface area contributed by atoms with E-state index in [2.05, 4.69) is 4.98 Å². The van der Waals surface area contributed by atoms with Crippen LogP contribution in [0.1, 0.15) is 11.9 Å². The number of anilines is 1.